The molecule has 0 unspecified atom stereocenters. The minimum atomic E-state index is -0.371. The van der Waals surface area contributed by atoms with Crippen molar-refractivity contribution in [3.8, 4) is 0 Å². The number of carbonyl (C=O) groups excluding carboxylic acids is 1. The Balaban J connectivity index is 4.67. The summed E-state index contributed by atoms with van der Waals surface area (Å²) in [6, 6.07) is 0. The number of rotatable bonds is 9. The van der Waals surface area contributed by atoms with Gasteiger partial charge in [-0.25, -0.2) is 0 Å². The highest BCUT2D eigenvalue weighted by Crippen LogP contribution is 2.39. The van der Waals surface area contributed by atoms with Crippen molar-refractivity contribution in [3.05, 3.63) is 0 Å². The van der Waals surface area contributed by atoms with E-state index in [0.717, 1.165) is 12.8 Å². The SMILES string of the molecule is CC(C)OCCC(C)(C)NC(=O)C(C)(C)CC(C)(C)C(C)C. The van der Waals surface area contributed by atoms with E-state index in [1.165, 1.54) is 0 Å². The molecule has 0 saturated heterocycles. The van der Waals surface area contributed by atoms with E-state index in [2.05, 4.69) is 46.9 Å². The molecule has 1 amide bonds. The molecule has 0 fully saturated rings. The first-order chi connectivity index (χ1) is 9.69. The minimum absolute atomic E-state index is 0.135. The summed E-state index contributed by atoms with van der Waals surface area (Å²) in [5.74, 6) is 0.683. The molecule has 0 rings (SSSR count). The predicted molar refractivity (Wildman–Crippen MR) is 94.9 cm³/mol. The van der Waals surface area contributed by atoms with Crippen molar-refractivity contribution in [2.24, 2.45) is 16.7 Å². The highest BCUT2D eigenvalue weighted by Gasteiger charge is 2.38. The zero-order valence-corrected chi connectivity index (χ0v) is 16.6. The van der Waals surface area contributed by atoms with Crippen molar-refractivity contribution in [3.63, 3.8) is 0 Å². The molecule has 0 aliphatic rings. The molecule has 0 bridgehead atoms. The van der Waals surface area contributed by atoms with E-state index in [9.17, 15) is 4.79 Å². The molecule has 3 nitrogen and oxygen atoms in total. The third-order valence-electron chi connectivity index (χ3n) is 4.71. The fourth-order valence-corrected chi connectivity index (χ4v) is 2.51. The number of nitrogens with one attached hydrogen (secondary N) is 1. The van der Waals surface area contributed by atoms with Crippen LogP contribution in [0.2, 0.25) is 0 Å². The van der Waals surface area contributed by atoms with Crippen molar-refractivity contribution >= 4 is 5.91 Å². The first kappa shape index (κ1) is 21.4. The van der Waals surface area contributed by atoms with Crippen molar-refractivity contribution in [1.29, 1.82) is 0 Å². The van der Waals surface area contributed by atoms with Crippen LogP contribution >= 0.6 is 0 Å². The Bertz CT molecular complexity index is 354. The van der Waals surface area contributed by atoms with Gasteiger partial charge in [-0.2, -0.15) is 0 Å². The van der Waals surface area contributed by atoms with Crippen LogP contribution in [-0.4, -0.2) is 24.2 Å². The lowest BCUT2D eigenvalue weighted by Gasteiger charge is -2.39. The fraction of sp³-hybridized carbons (Fsp3) is 0.947. The van der Waals surface area contributed by atoms with E-state index < -0.39 is 0 Å². The van der Waals surface area contributed by atoms with E-state index in [4.69, 9.17) is 4.74 Å². The van der Waals surface area contributed by atoms with Gasteiger partial charge in [0.15, 0.2) is 0 Å². The van der Waals surface area contributed by atoms with Gasteiger partial charge in [0.25, 0.3) is 0 Å². The summed E-state index contributed by atoms with van der Waals surface area (Å²) in [6.45, 7) is 21.9. The average Bonchev–Trinajstić information content (AvgIpc) is 2.25. The topological polar surface area (TPSA) is 38.3 Å². The van der Waals surface area contributed by atoms with Crippen molar-refractivity contribution in [1.82, 2.24) is 5.32 Å². The Hall–Kier alpha value is -0.570. The van der Waals surface area contributed by atoms with Gasteiger partial charge in [0.05, 0.1) is 6.10 Å². The van der Waals surface area contributed by atoms with E-state index in [1.807, 2.05) is 27.7 Å². The Kier molecular flexibility index (Phi) is 7.61. The Morgan fingerprint density at radius 1 is 1.00 bits per heavy atom. The molecule has 0 aromatic carbocycles. The summed E-state index contributed by atoms with van der Waals surface area (Å²) >= 11 is 0. The smallest absolute Gasteiger partial charge is 0.226 e. The highest BCUT2D eigenvalue weighted by molar-refractivity contribution is 5.82. The molecule has 0 aromatic rings. The van der Waals surface area contributed by atoms with Crippen LogP contribution in [0.3, 0.4) is 0 Å². The summed E-state index contributed by atoms with van der Waals surface area (Å²) in [6.07, 6.45) is 1.93. The van der Waals surface area contributed by atoms with Crippen molar-refractivity contribution in [2.75, 3.05) is 6.61 Å². The Morgan fingerprint density at radius 2 is 1.50 bits per heavy atom. The van der Waals surface area contributed by atoms with E-state index >= 15 is 0 Å². The van der Waals surface area contributed by atoms with Gasteiger partial charge >= 0.3 is 0 Å². The number of amides is 1. The monoisotopic (exact) mass is 313 g/mol. The van der Waals surface area contributed by atoms with E-state index in [1.54, 1.807) is 0 Å². The lowest BCUT2D eigenvalue weighted by Crippen LogP contribution is -2.50. The zero-order valence-electron chi connectivity index (χ0n) is 16.6. The Labute approximate surface area is 138 Å². The quantitative estimate of drug-likeness (QED) is 0.664. The molecule has 22 heavy (non-hydrogen) atoms. The molecule has 0 aromatic heterocycles. The highest BCUT2D eigenvalue weighted by atomic mass is 16.5. The lowest BCUT2D eigenvalue weighted by atomic mass is 9.69. The first-order valence-corrected chi connectivity index (χ1v) is 8.64. The molecule has 0 atom stereocenters. The summed E-state index contributed by atoms with van der Waals surface area (Å²) in [4.78, 5) is 12.7. The van der Waals surface area contributed by atoms with Crippen LogP contribution in [0, 0.1) is 16.7 Å². The summed E-state index contributed by atoms with van der Waals surface area (Å²) in [5.41, 5.74) is -0.471. The van der Waals surface area contributed by atoms with E-state index in [0.29, 0.717) is 12.5 Å². The molecule has 3 heteroatoms. The second-order valence-electron chi connectivity index (χ2n) is 9.21. The van der Waals surface area contributed by atoms with Gasteiger partial charge < -0.3 is 10.1 Å². The fourth-order valence-electron chi connectivity index (χ4n) is 2.51. The van der Waals surface area contributed by atoms with Gasteiger partial charge in [-0.1, -0.05) is 41.5 Å². The summed E-state index contributed by atoms with van der Waals surface area (Å²) < 4.78 is 5.61. The second-order valence-corrected chi connectivity index (χ2v) is 9.21. The molecule has 0 aliphatic heterocycles. The van der Waals surface area contributed by atoms with Crippen molar-refractivity contribution < 1.29 is 9.53 Å². The molecule has 0 heterocycles. The van der Waals surface area contributed by atoms with E-state index in [-0.39, 0.29) is 28.4 Å². The van der Waals surface area contributed by atoms with Gasteiger partial charge in [-0.15, -0.1) is 0 Å². The van der Waals surface area contributed by atoms with Crippen LogP contribution in [-0.2, 0) is 9.53 Å². The van der Waals surface area contributed by atoms with Crippen LogP contribution < -0.4 is 5.32 Å². The third-order valence-corrected chi connectivity index (χ3v) is 4.71. The van der Waals surface area contributed by atoms with Crippen LogP contribution in [0.5, 0.6) is 0 Å². The molecular formula is C19H39NO2. The van der Waals surface area contributed by atoms with Crippen LogP contribution in [0.1, 0.15) is 82.1 Å². The van der Waals surface area contributed by atoms with Crippen LogP contribution in [0.25, 0.3) is 0 Å². The van der Waals surface area contributed by atoms with Crippen molar-refractivity contribution in [2.45, 2.75) is 93.7 Å². The van der Waals surface area contributed by atoms with Gasteiger partial charge in [0, 0.05) is 17.6 Å². The Morgan fingerprint density at radius 3 is 1.91 bits per heavy atom. The van der Waals surface area contributed by atoms with Gasteiger partial charge in [-0.05, 0) is 51.9 Å². The van der Waals surface area contributed by atoms with Crippen LogP contribution in [0.4, 0.5) is 0 Å². The molecule has 132 valence electrons. The third kappa shape index (κ3) is 7.62. The van der Waals surface area contributed by atoms with Gasteiger partial charge in [0.2, 0.25) is 5.91 Å². The molecule has 1 N–H and O–H groups in total. The number of hydrogen-bond donors (Lipinski definition) is 1. The first-order valence-electron chi connectivity index (χ1n) is 8.64. The zero-order chi connectivity index (χ0) is 17.8. The maximum Gasteiger partial charge on any atom is 0.226 e. The lowest BCUT2D eigenvalue weighted by molar-refractivity contribution is -0.133. The maximum absolute atomic E-state index is 12.7. The molecule has 0 radical (unpaired) electrons. The molecule has 0 spiro atoms. The summed E-state index contributed by atoms with van der Waals surface area (Å²) in [7, 11) is 0. The molecular weight excluding hydrogens is 274 g/mol. The average molecular weight is 314 g/mol. The maximum atomic E-state index is 12.7. The minimum Gasteiger partial charge on any atom is -0.379 e. The largest absolute Gasteiger partial charge is 0.379 e. The normalized spacial score (nSPS) is 13.8. The predicted octanol–water partition coefficient (Wildman–Crippen LogP) is 4.79. The van der Waals surface area contributed by atoms with Gasteiger partial charge in [0.1, 0.15) is 0 Å². The molecule has 0 aliphatic carbocycles. The molecule has 0 saturated carbocycles. The number of ether oxygens (including phenoxy) is 1. The standard InChI is InChI=1S/C19H39NO2/c1-14(2)17(5,6)13-18(7,8)16(21)20-19(9,10)11-12-22-15(3)4/h14-15H,11-13H2,1-10H3,(H,20,21). The second kappa shape index (κ2) is 7.81. The van der Waals surface area contributed by atoms with Gasteiger partial charge in [-0.3, -0.25) is 4.79 Å². The summed E-state index contributed by atoms with van der Waals surface area (Å²) in [5, 5.41) is 3.21. The number of hydrogen-bond acceptors (Lipinski definition) is 2. The number of carbonyl (C=O) groups is 1. The van der Waals surface area contributed by atoms with Crippen LogP contribution in [0.15, 0.2) is 0 Å².